The van der Waals surface area contributed by atoms with Crippen LogP contribution in [0.1, 0.15) is 5.82 Å². The SMILES string of the molecule is COc1ccc([N+](=O)[O-])cc1NCc1ncc(Cl)n1C. The van der Waals surface area contributed by atoms with Crippen LogP contribution in [-0.4, -0.2) is 21.6 Å². The largest absolute Gasteiger partial charge is 0.495 e. The summed E-state index contributed by atoms with van der Waals surface area (Å²) in [6.45, 7) is 0.376. The fourth-order valence-electron chi connectivity index (χ4n) is 1.71. The molecule has 1 aromatic heterocycles. The molecule has 0 saturated heterocycles. The molecule has 2 rings (SSSR count). The monoisotopic (exact) mass is 296 g/mol. The highest BCUT2D eigenvalue weighted by atomic mass is 35.5. The van der Waals surface area contributed by atoms with Crippen molar-refractivity contribution in [1.82, 2.24) is 9.55 Å². The van der Waals surface area contributed by atoms with E-state index in [1.807, 2.05) is 0 Å². The Morgan fingerprint density at radius 1 is 1.55 bits per heavy atom. The van der Waals surface area contributed by atoms with Crippen molar-refractivity contribution < 1.29 is 9.66 Å². The van der Waals surface area contributed by atoms with Gasteiger partial charge in [-0.1, -0.05) is 11.6 Å². The van der Waals surface area contributed by atoms with Crippen LogP contribution in [0.15, 0.2) is 24.4 Å². The van der Waals surface area contributed by atoms with Gasteiger partial charge in [-0.3, -0.25) is 10.1 Å². The number of anilines is 1. The van der Waals surface area contributed by atoms with E-state index in [0.29, 0.717) is 29.0 Å². The minimum absolute atomic E-state index is 0.00817. The van der Waals surface area contributed by atoms with Crippen LogP contribution < -0.4 is 10.1 Å². The molecule has 0 radical (unpaired) electrons. The fourth-order valence-corrected chi connectivity index (χ4v) is 1.86. The van der Waals surface area contributed by atoms with Gasteiger partial charge in [0, 0.05) is 19.2 Å². The molecule has 106 valence electrons. The second-order valence-electron chi connectivity index (χ2n) is 4.05. The number of non-ortho nitro benzene ring substituents is 1. The predicted molar refractivity (Wildman–Crippen MR) is 75.2 cm³/mol. The van der Waals surface area contributed by atoms with Crippen LogP contribution in [0.4, 0.5) is 11.4 Å². The summed E-state index contributed by atoms with van der Waals surface area (Å²) < 4.78 is 6.89. The number of halogens is 1. The van der Waals surface area contributed by atoms with Crippen LogP contribution in [0.25, 0.3) is 0 Å². The molecule has 1 N–H and O–H groups in total. The quantitative estimate of drug-likeness (QED) is 0.677. The number of nitrogens with zero attached hydrogens (tertiary/aromatic N) is 3. The number of nitrogens with one attached hydrogen (secondary N) is 1. The summed E-state index contributed by atoms with van der Waals surface area (Å²) in [5, 5.41) is 14.4. The van der Waals surface area contributed by atoms with Gasteiger partial charge >= 0.3 is 0 Å². The van der Waals surface area contributed by atoms with Crippen LogP contribution in [0.3, 0.4) is 0 Å². The van der Waals surface area contributed by atoms with Crippen LogP contribution in [0, 0.1) is 10.1 Å². The summed E-state index contributed by atoms with van der Waals surface area (Å²) in [7, 11) is 3.29. The first-order chi connectivity index (χ1) is 9.52. The van der Waals surface area contributed by atoms with E-state index < -0.39 is 4.92 Å². The summed E-state index contributed by atoms with van der Waals surface area (Å²) in [4.78, 5) is 14.5. The van der Waals surface area contributed by atoms with Crippen LogP contribution in [0.2, 0.25) is 5.15 Å². The molecule has 0 fully saturated rings. The van der Waals surface area contributed by atoms with Gasteiger partial charge < -0.3 is 14.6 Å². The van der Waals surface area contributed by atoms with E-state index in [1.165, 1.54) is 19.2 Å². The number of hydrogen-bond acceptors (Lipinski definition) is 5. The zero-order valence-electron chi connectivity index (χ0n) is 11.0. The molecule has 0 aliphatic rings. The molecule has 0 aliphatic heterocycles. The molecule has 0 unspecified atom stereocenters. The predicted octanol–water partition coefficient (Wildman–Crippen LogP) is 2.60. The zero-order chi connectivity index (χ0) is 14.7. The summed E-state index contributed by atoms with van der Waals surface area (Å²) in [6.07, 6.45) is 1.54. The third kappa shape index (κ3) is 2.83. The van der Waals surface area contributed by atoms with Gasteiger partial charge in [0.1, 0.15) is 16.7 Å². The highest BCUT2D eigenvalue weighted by Gasteiger charge is 2.12. The van der Waals surface area contributed by atoms with Gasteiger partial charge in [0.15, 0.2) is 0 Å². The van der Waals surface area contributed by atoms with E-state index in [9.17, 15) is 10.1 Å². The number of aromatic nitrogens is 2. The summed E-state index contributed by atoms with van der Waals surface area (Å²) in [6, 6.07) is 4.36. The molecule has 8 heteroatoms. The molecule has 0 spiro atoms. The lowest BCUT2D eigenvalue weighted by atomic mass is 10.2. The first kappa shape index (κ1) is 14.1. The Morgan fingerprint density at radius 3 is 2.85 bits per heavy atom. The Morgan fingerprint density at radius 2 is 2.30 bits per heavy atom. The fraction of sp³-hybridized carbons (Fsp3) is 0.250. The number of rotatable bonds is 5. The van der Waals surface area contributed by atoms with E-state index >= 15 is 0 Å². The molecular formula is C12H13ClN4O3. The second kappa shape index (κ2) is 5.79. The molecule has 7 nitrogen and oxygen atoms in total. The maximum Gasteiger partial charge on any atom is 0.271 e. The Hall–Kier alpha value is -2.28. The van der Waals surface area contributed by atoms with Crippen molar-refractivity contribution in [3.63, 3.8) is 0 Å². The third-order valence-corrected chi connectivity index (χ3v) is 3.21. The van der Waals surface area contributed by atoms with Crippen molar-refractivity contribution in [2.45, 2.75) is 6.54 Å². The lowest BCUT2D eigenvalue weighted by Gasteiger charge is -2.11. The van der Waals surface area contributed by atoms with E-state index in [0.717, 1.165) is 0 Å². The van der Waals surface area contributed by atoms with Crippen molar-refractivity contribution >= 4 is 23.0 Å². The highest BCUT2D eigenvalue weighted by Crippen LogP contribution is 2.29. The Balaban J connectivity index is 2.21. The Bertz CT molecular complexity index is 642. The van der Waals surface area contributed by atoms with E-state index in [2.05, 4.69) is 10.3 Å². The minimum Gasteiger partial charge on any atom is -0.495 e. The third-order valence-electron chi connectivity index (χ3n) is 2.86. The molecule has 0 atom stereocenters. The van der Waals surface area contributed by atoms with E-state index in [4.69, 9.17) is 16.3 Å². The average Bonchev–Trinajstić information content (AvgIpc) is 2.76. The average molecular weight is 297 g/mol. The molecule has 1 heterocycles. The van der Waals surface area contributed by atoms with Crippen molar-refractivity contribution in [2.75, 3.05) is 12.4 Å². The molecule has 2 aromatic rings. The first-order valence-electron chi connectivity index (χ1n) is 5.75. The van der Waals surface area contributed by atoms with Crippen molar-refractivity contribution in [3.05, 3.63) is 45.5 Å². The number of benzene rings is 1. The number of methoxy groups -OCH3 is 1. The number of nitro groups is 1. The van der Waals surface area contributed by atoms with Gasteiger partial charge in [0.25, 0.3) is 5.69 Å². The molecule has 0 aliphatic carbocycles. The number of ether oxygens (including phenoxy) is 1. The highest BCUT2D eigenvalue weighted by molar-refractivity contribution is 6.29. The maximum absolute atomic E-state index is 10.8. The van der Waals surface area contributed by atoms with Crippen LogP contribution in [0.5, 0.6) is 5.75 Å². The van der Waals surface area contributed by atoms with Gasteiger partial charge in [-0.25, -0.2) is 4.98 Å². The number of nitro benzene ring substituents is 1. The number of imidazole rings is 1. The molecule has 0 amide bonds. The molecular weight excluding hydrogens is 284 g/mol. The van der Waals surface area contributed by atoms with Crippen LogP contribution >= 0.6 is 11.6 Å². The van der Waals surface area contributed by atoms with Crippen molar-refractivity contribution in [2.24, 2.45) is 7.05 Å². The lowest BCUT2D eigenvalue weighted by Crippen LogP contribution is -2.07. The standard InChI is InChI=1S/C12H13ClN4O3/c1-16-11(13)6-15-12(16)7-14-9-5-8(17(18)19)3-4-10(9)20-2/h3-6,14H,7H2,1-2H3. The van der Waals surface area contributed by atoms with Gasteiger partial charge in [0.05, 0.1) is 30.5 Å². The molecule has 0 bridgehead atoms. The zero-order valence-corrected chi connectivity index (χ0v) is 11.7. The van der Waals surface area contributed by atoms with E-state index in [-0.39, 0.29) is 5.69 Å². The molecule has 0 saturated carbocycles. The maximum atomic E-state index is 10.8. The normalized spacial score (nSPS) is 10.3. The topological polar surface area (TPSA) is 82.2 Å². The number of hydrogen-bond donors (Lipinski definition) is 1. The Kier molecular flexibility index (Phi) is 4.09. The van der Waals surface area contributed by atoms with Crippen LogP contribution in [-0.2, 0) is 13.6 Å². The first-order valence-corrected chi connectivity index (χ1v) is 6.13. The van der Waals surface area contributed by atoms with Gasteiger partial charge in [-0.2, -0.15) is 0 Å². The van der Waals surface area contributed by atoms with Gasteiger partial charge in [-0.05, 0) is 6.07 Å². The summed E-state index contributed by atoms with van der Waals surface area (Å²) in [5.41, 5.74) is 0.520. The van der Waals surface area contributed by atoms with Crippen molar-refractivity contribution in [1.29, 1.82) is 0 Å². The van der Waals surface area contributed by atoms with Crippen molar-refractivity contribution in [3.8, 4) is 5.75 Å². The summed E-state index contributed by atoms with van der Waals surface area (Å²) in [5.74, 6) is 1.24. The second-order valence-corrected chi connectivity index (χ2v) is 4.44. The summed E-state index contributed by atoms with van der Waals surface area (Å²) >= 11 is 5.90. The van der Waals surface area contributed by atoms with E-state index in [1.54, 1.807) is 23.9 Å². The van der Waals surface area contributed by atoms with Gasteiger partial charge in [-0.15, -0.1) is 0 Å². The smallest absolute Gasteiger partial charge is 0.271 e. The molecule has 1 aromatic carbocycles. The lowest BCUT2D eigenvalue weighted by molar-refractivity contribution is -0.384. The molecule has 20 heavy (non-hydrogen) atoms. The minimum atomic E-state index is -0.456. The Labute approximate surface area is 120 Å². The van der Waals surface area contributed by atoms with Gasteiger partial charge in [0.2, 0.25) is 0 Å².